The summed E-state index contributed by atoms with van der Waals surface area (Å²) >= 11 is 0. The molecule has 5 heteroatoms. The lowest BCUT2D eigenvalue weighted by Crippen LogP contribution is -2.40. The lowest BCUT2D eigenvalue weighted by atomic mass is 10.1. The van der Waals surface area contributed by atoms with Gasteiger partial charge >= 0.3 is 6.09 Å². The van der Waals surface area contributed by atoms with Gasteiger partial charge in [-0.15, -0.1) is 0 Å². The maximum absolute atomic E-state index is 12.0. The summed E-state index contributed by atoms with van der Waals surface area (Å²) in [5, 5.41) is 0. The van der Waals surface area contributed by atoms with Gasteiger partial charge in [-0.1, -0.05) is 0 Å². The second kappa shape index (κ2) is 5.05. The molecule has 0 aromatic heterocycles. The Labute approximate surface area is 109 Å². The minimum Gasteiger partial charge on any atom is -0.444 e. The van der Waals surface area contributed by atoms with E-state index in [4.69, 9.17) is 10.5 Å². The number of nitrogens with zero attached hydrogens (tertiary/aromatic N) is 2. The molecule has 104 valence electrons. The molecule has 0 saturated carbocycles. The molecule has 0 aliphatic carbocycles. The molecular formula is C13H25N3O2. The van der Waals surface area contributed by atoms with Crippen molar-refractivity contribution in [2.45, 2.75) is 38.8 Å². The SMILES string of the molecule is CC(C)(C)OC(=O)N1C[C@H]2CCN(CCN)[C@@H]2C1. The van der Waals surface area contributed by atoms with Gasteiger partial charge in [0.2, 0.25) is 0 Å². The highest BCUT2D eigenvalue weighted by Crippen LogP contribution is 2.31. The van der Waals surface area contributed by atoms with Crippen LogP contribution in [0, 0.1) is 5.92 Å². The summed E-state index contributed by atoms with van der Waals surface area (Å²) in [7, 11) is 0. The van der Waals surface area contributed by atoms with Crippen LogP contribution in [0.25, 0.3) is 0 Å². The zero-order valence-electron chi connectivity index (χ0n) is 11.7. The maximum Gasteiger partial charge on any atom is 0.410 e. The minimum atomic E-state index is -0.411. The van der Waals surface area contributed by atoms with E-state index in [1.165, 1.54) is 6.42 Å². The Morgan fingerprint density at radius 2 is 2.11 bits per heavy atom. The molecule has 2 N–H and O–H groups in total. The summed E-state index contributed by atoms with van der Waals surface area (Å²) in [5.41, 5.74) is 5.21. The summed E-state index contributed by atoms with van der Waals surface area (Å²) in [5.74, 6) is 0.601. The second-order valence-corrected chi connectivity index (χ2v) is 6.33. The van der Waals surface area contributed by atoms with Crippen molar-refractivity contribution in [2.24, 2.45) is 11.7 Å². The molecule has 18 heavy (non-hydrogen) atoms. The van der Waals surface area contributed by atoms with Crippen molar-refractivity contribution in [3.8, 4) is 0 Å². The van der Waals surface area contributed by atoms with Crippen LogP contribution in [0.5, 0.6) is 0 Å². The van der Waals surface area contributed by atoms with Gasteiger partial charge in [0.25, 0.3) is 0 Å². The number of likely N-dealkylation sites (tertiary alicyclic amines) is 2. The van der Waals surface area contributed by atoms with Crippen LogP contribution in [-0.4, -0.2) is 60.3 Å². The summed E-state index contributed by atoms with van der Waals surface area (Å²) in [6.45, 7) is 10.1. The van der Waals surface area contributed by atoms with Crippen LogP contribution in [0.15, 0.2) is 0 Å². The number of carbonyl (C=O) groups is 1. The van der Waals surface area contributed by atoms with Crippen molar-refractivity contribution in [3.05, 3.63) is 0 Å². The molecule has 2 aliphatic rings. The van der Waals surface area contributed by atoms with Crippen molar-refractivity contribution in [1.82, 2.24) is 9.80 Å². The normalized spacial score (nSPS) is 28.6. The van der Waals surface area contributed by atoms with Gasteiger partial charge in [0.05, 0.1) is 0 Å². The molecule has 2 rings (SSSR count). The highest BCUT2D eigenvalue weighted by molar-refractivity contribution is 5.68. The molecular weight excluding hydrogens is 230 g/mol. The molecule has 0 radical (unpaired) electrons. The number of rotatable bonds is 2. The van der Waals surface area contributed by atoms with Gasteiger partial charge < -0.3 is 15.4 Å². The fourth-order valence-electron chi connectivity index (χ4n) is 2.97. The van der Waals surface area contributed by atoms with E-state index in [1.807, 2.05) is 25.7 Å². The highest BCUT2D eigenvalue weighted by Gasteiger charge is 2.43. The van der Waals surface area contributed by atoms with Gasteiger partial charge in [-0.3, -0.25) is 4.90 Å². The molecule has 0 aromatic rings. The predicted molar refractivity (Wildman–Crippen MR) is 70.3 cm³/mol. The fraction of sp³-hybridized carbons (Fsp3) is 0.923. The van der Waals surface area contributed by atoms with Gasteiger partial charge in [-0.2, -0.15) is 0 Å². The van der Waals surface area contributed by atoms with Gasteiger partial charge in [-0.05, 0) is 39.7 Å². The zero-order valence-corrected chi connectivity index (χ0v) is 11.7. The van der Waals surface area contributed by atoms with Gasteiger partial charge in [-0.25, -0.2) is 4.79 Å². The Morgan fingerprint density at radius 1 is 1.39 bits per heavy atom. The van der Waals surface area contributed by atoms with Crippen LogP contribution in [-0.2, 0) is 4.74 Å². The lowest BCUT2D eigenvalue weighted by Gasteiger charge is -2.26. The summed E-state index contributed by atoms with van der Waals surface area (Å²) in [4.78, 5) is 16.3. The molecule has 2 saturated heterocycles. The number of ether oxygens (including phenoxy) is 1. The van der Waals surface area contributed by atoms with Gasteiger partial charge in [0.1, 0.15) is 5.60 Å². The number of fused-ring (bicyclic) bond motifs is 1. The predicted octanol–water partition coefficient (Wildman–Crippen LogP) is 0.886. The van der Waals surface area contributed by atoms with E-state index in [0.717, 1.165) is 26.2 Å². The molecule has 0 spiro atoms. The van der Waals surface area contributed by atoms with E-state index in [9.17, 15) is 4.79 Å². The highest BCUT2D eigenvalue weighted by atomic mass is 16.6. The van der Waals surface area contributed by atoms with Crippen LogP contribution in [0.2, 0.25) is 0 Å². The Balaban J connectivity index is 1.90. The van der Waals surface area contributed by atoms with Crippen molar-refractivity contribution in [1.29, 1.82) is 0 Å². The Hall–Kier alpha value is -0.810. The number of nitrogens with two attached hydrogens (primary N) is 1. The average Bonchev–Trinajstić information content (AvgIpc) is 2.77. The Bertz CT molecular complexity index is 312. The minimum absolute atomic E-state index is 0.176. The van der Waals surface area contributed by atoms with E-state index < -0.39 is 5.60 Å². The van der Waals surface area contributed by atoms with Crippen LogP contribution in [0.4, 0.5) is 4.79 Å². The van der Waals surface area contributed by atoms with E-state index >= 15 is 0 Å². The summed E-state index contributed by atoms with van der Waals surface area (Å²) in [6.07, 6.45) is 0.994. The second-order valence-electron chi connectivity index (χ2n) is 6.33. The molecule has 2 heterocycles. The first-order valence-electron chi connectivity index (χ1n) is 6.83. The molecule has 0 unspecified atom stereocenters. The van der Waals surface area contributed by atoms with Crippen molar-refractivity contribution in [3.63, 3.8) is 0 Å². The molecule has 2 atom stereocenters. The van der Waals surface area contributed by atoms with Gasteiger partial charge in [0, 0.05) is 32.2 Å². The molecule has 2 fully saturated rings. The van der Waals surface area contributed by atoms with Crippen molar-refractivity contribution in [2.75, 3.05) is 32.7 Å². The number of amides is 1. The van der Waals surface area contributed by atoms with E-state index in [2.05, 4.69) is 4.90 Å². The van der Waals surface area contributed by atoms with Crippen LogP contribution >= 0.6 is 0 Å². The third-order valence-corrected chi connectivity index (χ3v) is 3.73. The topological polar surface area (TPSA) is 58.8 Å². The molecule has 1 amide bonds. The first kappa shape index (κ1) is 13.6. The lowest BCUT2D eigenvalue weighted by molar-refractivity contribution is 0.0273. The summed E-state index contributed by atoms with van der Waals surface area (Å²) < 4.78 is 5.43. The molecule has 0 aromatic carbocycles. The Kier molecular flexibility index (Phi) is 3.82. The smallest absolute Gasteiger partial charge is 0.410 e. The molecule has 0 bridgehead atoms. The first-order valence-corrected chi connectivity index (χ1v) is 6.83. The van der Waals surface area contributed by atoms with Gasteiger partial charge in [0.15, 0.2) is 0 Å². The van der Waals surface area contributed by atoms with E-state index in [1.54, 1.807) is 0 Å². The van der Waals surface area contributed by atoms with Crippen LogP contribution < -0.4 is 5.73 Å². The maximum atomic E-state index is 12.0. The van der Waals surface area contributed by atoms with Crippen molar-refractivity contribution >= 4 is 6.09 Å². The Morgan fingerprint density at radius 3 is 2.72 bits per heavy atom. The third kappa shape index (κ3) is 2.95. The largest absolute Gasteiger partial charge is 0.444 e. The first-order chi connectivity index (χ1) is 8.40. The van der Waals surface area contributed by atoms with Crippen LogP contribution in [0.3, 0.4) is 0 Å². The zero-order chi connectivity index (χ0) is 13.3. The van der Waals surface area contributed by atoms with Crippen molar-refractivity contribution < 1.29 is 9.53 Å². The molecule has 2 aliphatic heterocycles. The third-order valence-electron chi connectivity index (χ3n) is 3.73. The number of carbonyl (C=O) groups excluding carboxylic acids is 1. The number of hydrogen-bond donors (Lipinski definition) is 1. The molecule has 5 nitrogen and oxygen atoms in total. The van der Waals surface area contributed by atoms with E-state index in [0.29, 0.717) is 18.5 Å². The number of hydrogen-bond acceptors (Lipinski definition) is 4. The van der Waals surface area contributed by atoms with E-state index in [-0.39, 0.29) is 6.09 Å². The summed E-state index contributed by atoms with van der Waals surface area (Å²) in [6, 6.07) is 0.487. The quantitative estimate of drug-likeness (QED) is 0.796. The average molecular weight is 255 g/mol. The fourth-order valence-corrected chi connectivity index (χ4v) is 2.97. The monoisotopic (exact) mass is 255 g/mol. The van der Waals surface area contributed by atoms with Crippen LogP contribution in [0.1, 0.15) is 27.2 Å². The standard InChI is InChI=1S/C13H25N3O2/c1-13(2,3)18-12(17)16-8-10-4-6-15(7-5-14)11(10)9-16/h10-11H,4-9,14H2,1-3H3/t10-,11-/m1/s1.